The van der Waals surface area contributed by atoms with Crippen molar-refractivity contribution in [2.24, 2.45) is 0 Å². The molecule has 1 heterocycles. The Morgan fingerprint density at radius 1 is 0.962 bits per heavy atom. The minimum Gasteiger partial charge on any atom is -0.354 e. The lowest BCUT2D eigenvalue weighted by Crippen LogP contribution is -2.26. The number of aromatic nitrogens is 2. The quantitative estimate of drug-likeness (QED) is 0.679. The zero-order chi connectivity index (χ0) is 18.0. The van der Waals surface area contributed by atoms with Crippen LogP contribution < -0.4 is 10.6 Å². The molecule has 0 atom stereocenters. The lowest BCUT2D eigenvalue weighted by atomic mass is 9.97. The molecule has 0 bridgehead atoms. The molecule has 1 aromatic heterocycles. The van der Waals surface area contributed by atoms with Crippen LogP contribution in [0.15, 0.2) is 35.6 Å². The Balaban J connectivity index is 1.42. The number of carbonyl (C=O) groups excluding carboxylic acids is 1. The lowest BCUT2D eigenvalue weighted by molar-refractivity contribution is 0.0949. The van der Waals surface area contributed by atoms with Gasteiger partial charge in [-0.2, -0.15) is 0 Å². The lowest BCUT2D eigenvalue weighted by Gasteiger charge is -2.13. The van der Waals surface area contributed by atoms with Crippen LogP contribution in [-0.2, 0) is 0 Å². The number of hydrogen-bond donors (Lipinski definition) is 2. The second-order valence-electron chi connectivity index (χ2n) is 7.16. The van der Waals surface area contributed by atoms with Crippen LogP contribution in [0.25, 0.3) is 0 Å². The Bertz CT molecular complexity index is 666. The van der Waals surface area contributed by atoms with Gasteiger partial charge in [-0.05, 0) is 70.3 Å². The standard InChI is InChI=1S/C21H30N4O/c26-20(22-14-11-17-7-3-1-4-8-17)19-13-16-24-21(25-19)23-15-12-18-9-5-2-6-10-18/h7,9,13,16H,1-6,8,10-12,14-15H2,(H,22,26)(H,23,24,25). The highest BCUT2D eigenvalue weighted by atomic mass is 16.1. The molecule has 2 N–H and O–H groups in total. The summed E-state index contributed by atoms with van der Waals surface area (Å²) in [6, 6.07) is 1.67. The van der Waals surface area contributed by atoms with Gasteiger partial charge in [0.2, 0.25) is 5.95 Å². The van der Waals surface area contributed by atoms with Crippen molar-refractivity contribution >= 4 is 11.9 Å². The SMILES string of the molecule is O=C(NCCC1=CCCCC1)c1ccnc(NCCC2=CCCCC2)n1. The molecule has 0 unspecified atom stereocenters. The van der Waals surface area contributed by atoms with Crippen LogP contribution in [0.5, 0.6) is 0 Å². The fourth-order valence-corrected chi connectivity index (χ4v) is 3.60. The molecule has 0 saturated heterocycles. The van der Waals surface area contributed by atoms with Crippen LogP contribution in [0, 0.1) is 0 Å². The van der Waals surface area contributed by atoms with Crippen molar-refractivity contribution in [2.75, 3.05) is 18.4 Å². The molecule has 140 valence electrons. The first-order valence-corrected chi connectivity index (χ1v) is 10.0. The van der Waals surface area contributed by atoms with Crippen LogP contribution >= 0.6 is 0 Å². The van der Waals surface area contributed by atoms with Gasteiger partial charge in [-0.1, -0.05) is 23.3 Å². The van der Waals surface area contributed by atoms with E-state index in [1.807, 2.05) is 0 Å². The highest BCUT2D eigenvalue weighted by Crippen LogP contribution is 2.20. The van der Waals surface area contributed by atoms with Crippen molar-refractivity contribution < 1.29 is 4.79 Å². The number of rotatable bonds is 8. The summed E-state index contributed by atoms with van der Waals surface area (Å²) in [5.74, 6) is 0.408. The predicted molar refractivity (Wildman–Crippen MR) is 105 cm³/mol. The largest absolute Gasteiger partial charge is 0.354 e. The molecule has 0 aliphatic heterocycles. The monoisotopic (exact) mass is 354 g/mol. The molecule has 26 heavy (non-hydrogen) atoms. The molecule has 5 heteroatoms. The van der Waals surface area contributed by atoms with Crippen molar-refractivity contribution in [1.82, 2.24) is 15.3 Å². The smallest absolute Gasteiger partial charge is 0.270 e. The van der Waals surface area contributed by atoms with E-state index in [1.165, 1.54) is 62.5 Å². The molecular formula is C21H30N4O. The van der Waals surface area contributed by atoms with E-state index in [2.05, 4.69) is 32.8 Å². The van der Waals surface area contributed by atoms with E-state index in [9.17, 15) is 4.79 Å². The minimum atomic E-state index is -0.123. The summed E-state index contributed by atoms with van der Waals surface area (Å²) >= 11 is 0. The first-order valence-electron chi connectivity index (χ1n) is 10.0. The molecule has 0 saturated carbocycles. The van der Waals surface area contributed by atoms with E-state index >= 15 is 0 Å². The maximum atomic E-state index is 12.3. The molecule has 0 fully saturated rings. The van der Waals surface area contributed by atoms with Gasteiger partial charge in [0.05, 0.1) is 0 Å². The van der Waals surface area contributed by atoms with Crippen LogP contribution in [0.4, 0.5) is 5.95 Å². The molecule has 0 radical (unpaired) electrons. The zero-order valence-electron chi connectivity index (χ0n) is 15.6. The van der Waals surface area contributed by atoms with E-state index in [0.717, 1.165) is 19.4 Å². The van der Waals surface area contributed by atoms with Gasteiger partial charge in [0, 0.05) is 19.3 Å². The second kappa shape index (κ2) is 10.1. The highest BCUT2D eigenvalue weighted by molar-refractivity contribution is 5.92. The fourth-order valence-electron chi connectivity index (χ4n) is 3.60. The first-order chi connectivity index (χ1) is 12.8. The van der Waals surface area contributed by atoms with E-state index in [4.69, 9.17) is 0 Å². The molecule has 3 rings (SSSR count). The van der Waals surface area contributed by atoms with Crippen LogP contribution in [0.3, 0.4) is 0 Å². The number of carbonyl (C=O) groups is 1. The number of hydrogen-bond acceptors (Lipinski definition) is 4. The fraction of sp³-hybridized carbons (Fsp3) is 0.571. The molecule has 5 nitrogen and oxygen atoms in total. The zero-order valence-corrected chi connectivity index (χ0v) is 15.6. The average molecular weight is 354 g/mol. The van der Waals surface area contributed by atoms with Crippen molar-refractivity contribution in [1.29, 1.82) is 0 Å². The maximum absolute atomic E-state index is 12.3. The van der Waals surface area contributed by atoms with Crippen LogP contribution in [-0.4, -0.2) is 29.0 Å². The van der Waals surface area contributed by atoms with E-state index < -0.39 is 0 Å². The summed E-state index contributed by atoms with van der Waals surface area (Å²) in [4.78, 5) is 20.9. The van der Waals surface area contributed by atoms with Gasteiger partial charge in [0.25, 0.3) is 5.91 Å². The third kappa shape index (κ3) is 5.97. The number of anilines is 1. The normalized spacial score (nSPS) is 17.2. The summed E-state index contributed by atoms with van der Waals surface area (Å²) in [6.45, 7) is 1.48. The number of allylic oxidation sites excluding steroid dienone is 2. The molecule has 1 amide bonds. The summed E-state index contributed by atoms with van der Waals surface area (Å²) in [6.07, 6.45) is 18.3. The van der Waals surface area contributed by atoms with Crippen molar-refractivity contribution in [2.45, 2.75) is 64.2 Å². The van der Waals surface area contributed by atoms with Gasteiger partial charge in [-0.15, -0.1) is 0 Å². The third-order valence-corrected chi connectivity index (χ3v) is 5.12. The average Bonchev–Trinajstić information content (AvgIpc) is 2.70. The minimum absolute atomic E-state index is 0.123. The molecule has 2 aliphatic carbocycles. The summed E-state index contributed by atoms with van der Waals surface area (Å²) in [5, 5.41) is 6.22. The first kappa shape index (κ1) is 18.6. The predicted octanol–water partition coefficient (Wildman–Crippen LogP) is 4.40. The molecule has 0 spiro atoms. The van der Waals surface area contributed by atoms with Gasteiger partial charge in [-0.3, -0.25) is 4.79 Å². The molecular weight excluding hydrogens is 324 g/mol. The van der Waals surface area contributed by atoms with E-state index in [-0.39, 0.29) is 5.91 Å². The third-order valence-electron chi connectivity index (χ3n) is 5.12. The maximum Gasteiger partial charge on any atom is 0.270 e. The molecule has 2 aliphatic rings. The van der Waals surface area contributed by atoms with Crippen molar-refractivity contribution in [3.8, 4) is 0 Å². The molecule has 1 aromatic rings. The topological polar surface area (TPSA) is 66.9 Å². The number of nitrogens with zero attached hydrogens (tertiary/aromatic N) is 2. The van der Waals surface area contributed by atoms with Gasteiger partial charge >= 0.3 is 0 Å². The van der Waals surface area contributed by atoms with Gasteiger partial charge in [-0.25, -0.2) is 9.97 Å². The van der Waals surface area contributed by atoms with Gasteiger partial charge in [0.15, 0.2) is 0 Å². The van der Waals surface area contributed by atoms with Crippen LogP contribution in [0.2, 0.25) is 0 Å². The number of amides is 1. The Morgan fingerprint density at radius 3 is 2.31 bits per heavy atom. The summed E-state index contributed by atoms with van der Waals surface area (Å²) in [7, 11) is 0. The molecule has 0 aromatic carbocycles. The summed E-state index contributed by atoms with van der Waals surface area (Å²) in [5.41, 5.74) is 3.42. The Kier molecular flexibility index (Phi) is 7.23. The van der Waals surface area contributed by atoms with Gasteiger partial charge in [0.1, 0.15) is 5.69 Å². The summed E-state index contributed by atoms with van der Waals surface area (Å²) < 4.78 is 0. The van der Waals surface area contributed by atoms with Crippen molar-refractivity contribution in [3.05, 3.63) is 41.3 Å². The Hall–Kier alpha value is -2.17. The van der Waals surface area contributed by atoms with E-state index in [1.54, 1.807) is 12.3 Å². The van der Waals surface area contributed by atoms with Crippen molar-refractivity contribution in [3.63, 3.8) is 0 Å². The number of nitrogens with one attached hydrogen (secondary N) is 2. The Morgan fingerprint density at radius 2 is 1.65 bits per heavy atom. The van der Waals surface area contributed by atoms with Crippen LogP contribution in [0.1, 0.15) is 74.7 Å². The highest BCUT2D eigenvalue weighted by Gasteiger charge is 2.10. The van der Waals surface area contributed by atoms with E-state index in [0.29, 0.717) is 18.2 Å². The second-order valence-corrected chi connectivity index (χ2v) is 7.16. The van der Waals surface area contributed by atoms with Gasteiger partial charge < -0.3 is 10.6 Å². The Labute approximate surface area is 156 Å².